The summed E-state index contributed by atoms with van der Waals surface area (Å²) in [5.41, 5.74) is -0.909. The number of aromatic carboxylic acids is 1. The number of hydrogen-bond acceptors (Lipinski definition) is 4. The van der Waals surface area contributed by atoms with E-state index in [0.29, 0.717) is 0 Å². The van der Waals surface area contributed by atoms with Gasteiger partial charge in [-0.15, -0.1) is 11.3 Å². The van der Waals surface area contributed by atoms with Gasteiger partial charge < -0.3 is 5.11 Å². The van der Waals surface area contributed by atoms with Crippen LogP contribution in [0.4, 0.5) is 8.78 Å². The Kier molecular flexibility index (Phi) is 3.80. The number of halogens is 2. The summed E-state index contributed by atoms with van der Waals surface area (Å²) in [5, 5.41) is 9.03. The van der Waals surface area contributed by atoms with E-state index >= 15 is 0 Å². The van der Waals surface area contributed by atoms with Crippen molar-refractivity contribution >= 4 is 22.1 Å². The molecule has 6 nitrogen and oxygen atoms in total. The number of rotatable bonds is 3. The van der Waals surface area contributed by atoms with Crippen LogP contribution in [0, 0.1) is 18.6 Å². The minimum absolute atomic E-state index is 0.0832. The smallest absolute Gasteiger partial charge is 0.347 e. The molecule has 0 unspecified atom stereocenters. The highest BCUT2D eigenvalue weighted by Crippen LogP contribution is 2.18. The second kappa shape index (κ2) is 5.68. The number of thiazole rings is 1. The Labute approximate surface area is 136 Å². The number of carboxylic acid groups (broad SMARTS) is 1. The summed E-state index contributed by atoms with van der Waals surface area (Å²) in [5.74, 6) is -3.32. The van der Waals surface area contributed by atoms with Crippen LogP contribution in [0.3, 0.4) is 0 Å². The maximum atomic E-state index is 13.3. The van der Waals surface area contributed by atoms with E-state index in [4.69, 9.17) is 5.11 Å². The molecule has 124 valence electrons. The fourth-order valence-electron chi connectivity index (χ4n) is 2.32. The van der Waals surface area contributed by atoms with E-state index in [1.807, 2.05) is 0 Å². The van der Waals surface area contributed by atoms with E-state index in [2.05, 4.69) is 0 Å². The number of benzene rings is 1. The van der Waals surface area contributed by atoms with Crippen molar-refractivity contribution in [2.24, 2.45) is 0 Å². The van der Waals surface area contributed by atoms with Gasteiger partial charge in [0.05, 0.1) is 6.54 Å². The average Bonchev–Trinajstić information content (AvgIpc) is 2.99. The van der Waals surface area contributed by atoms with E-state index < -0.39 is 28.9 Å². The molecule has 1 aromatic carbocycles. The van der Waals surface area contributed by atoms with E-state index in [0.717, 1.165) is 38.6 Å². The molecule has 0 radical (unpaired) electrons. The van der Waals surface area contributed by atoms with Gasteiger partial charge in [-0.3, -0.25) is 13.8 Å². The molecule has 0 aliphatic heterocycles. The van der Waals surface area contributed by atoms with Crippen molar-refractivity contribution in [1.29, 1.82) is 0 Å². The van der Waals surface area contributed by atoms with Gasteiger partial charge >= 0.3 is 11.7 Å². The van der Waals surface area contributed by atoms with Crippen LogP contribution in [-0.2, 0) is 6.54 Å². The quantitative estimate of drug-likeness (QED) is 0.780. The zero-order valence-electron chi connectivity index (χ0n) is 12.2. The molecule has 0 aliphatic carbocycles. The van der Waals surface area contributed by atoms with Crippen molar-refractivity contribution < 1.29 is 18.7 Å². The fraction of sp³-hybridized carbons (Fsp3) is 0.133. The van der Waals surface area contributed by atoms with Crippen LogP contribution < -0.4 is 11.2 Å². The summed E-state index contributed by atoms with van der Waals surface area (Å²) in [4.78, 5) is 36.1. The molecule has 0 spiro atoms. The average molecular weight is 352 g/mol. The summed E-state index contributed by atoms with van der Waals surface area (Å²) in [6, 6.07) is 3.08. The Balaban J connectivity index is 2.21. The molecular weight excluding hydrogens is 342 g/mol. The number of carbonyl (C=O) groups is 1. The lowest BCUT2D eigenvalue weighted by Gasteiger charge is -2.08. The van der Waals surface area contributed by atoms with Gasteiger partial charge in [-0.25, -0.2) is 18.4 Å². The second-order valence-electron chi connectivity index (χ2n) is 5.12. The van der Waals surface area contributed by atoms with E-state index in [1.165, 1.54) is 13.0 Å². The van der Waals surface area contributed by atoms with Gasteiger partial charge in [-0.1, -0.05) is 6.07 Å². The van der Waals surface area contributed by atoms with Crippen molar-refractivity contribution in [3.63, 3.8) is 0 Å². The standard InChI is InChI=1S/C15H10F2N2O4S/c1-7-12(20)18(5-8-2-3-9(16)10(17)4-8)15(23)19-6-11(14(21)22)24-13(7)19/h2-4,6H,5H2,1H3,(H,21,22). The highest BCUT2D eigenvalue weighted by molar-refractivity contribution is 7.19. The van der Waals surface area contributed by atoms with E-state index in [9.17, 15) is 23.2 Å². The molecule has 0 atom stereocenters. The zero-order valence-corrected chi connectivity index (χ0v) is 13.1. The molecule has 0 fully saturated rings. The Morgan fingerprint density at radius 1 is 1.25 bits per heavy atom. The number of aryl methyl sites for hydroxylation is 1. The summed E-state index contributed by atoms with van der Waals surface area (Å²) < 4.78 is 28.2. The number of nitrogens with zero attached hydrogens (tertiary/aromatic N) is 2. The molecule has 2 heterocycles. The minimum atomic E-state index is -1.21. The highest BCUT2D eigenvalue weighted by Gasteiger charge is 2.17. The first-order chi connectivity index (χ1) is 11.3. The third-order valence-corrected chi connectivity index (χ3v) is 4.73. The minimum Gasteiger partial charge on any atom is -0.477 e. The maximum absolute atomic E-state index is 13.3. The molecule has 0 saturated carbocycles. The molecule has 9 heteroatoms. The third-order valence-electron chi connectivity index (χ3n) is 3.53. The van der Waals surface area contributed by atoms with Gasteiger partial charge in [-0.2, -0.15) is 0 Å². The molecule has 3 aromatic rings. The summed E-state index contributed by atoms with van der Waals surface area (Å²) in [6.45, 7) is 1.22. The number of carboxylic acids is 1. The Hall–Kier alpha value is -2.81. The van der Waals surface area contributed by atoms with Crippen molar-refractivity contribution in [2.45, 2.75) is 13.5 Å². The molecule has 0 bridgehead atoms. The first-order valence-electron chi connectivity index (χ1n) is 6.72. The number of fused-ring (bicyclic) bond motifs is 1. The second-order valence-corrected chi connectivity index (χ2v) is 6.15. The third kappa shape index (κ3) is 2.52. The highest BCUT2D eigenvalue weighted by atomic mass is 32.1. The molecule has 0 saturated heterocycles. The van der Waals surface area contributed by atoms with Gasteiger partial charge in [0.2, 0.25) is 0 Å². The van der Waals surface area contributed by atoms with Crippen LogP contribution in [-0.4, -0.2) is 20.0 Å². The lowest BCUT2D eigenvalue weighted by molar-refractivity contribution is 0.0701. The van der Waals surface area contributed by atoms with E-state index in [1.54, 1.807) is 0 Å². The van der Waals surface area contributed by atoms with Crippen molar-refractivity contribution in [3.8, 4) is 0 Å². The molecule has 2 aromatic heterocycles. The summed E-state index contributed by atoms with van der Waals surface area (Å²) in [6.07, 6.45) is 1.14. The van der Waals surface area contributed by atoms with Crippen LogP contribution in [0.2, 0.25) is 0 Å². The zero-order chi connectivity index (χ0) is 17.6. The lowest BCUT2D eigenvalue weighted by Crippen LogP contribution is -2.38. The molecule has 0 amide bonds. The predicted molar refractivity (Wildman–Crippen MR) is 83.0 cm³/mol. The fourth-order valence-corrected chi connectivity index (χ4v) is 3.25. The topological polar surface area (TPSA) is 80.8 Å². The Bertz CT molecular complexity index is 1100. The predicted octanol–water partition coefficient (Wildman–Crippen LogP) is 1.86. The van der Waals surface area contributed by atoms with Crippen molar-refractivity contribution in [3.05, 3.63) is 72.9 Å². The van der Waals surface area contributed by atoms with Crippen LogP contribution in [0.15, 0.2) is 34.0 Å². The largest absolute Gasteiger partial charge is 0.477 e. The van der Waals surface area contributed by atoms with Crippen LogP contribution in [0.5, 0.6) is 0 Å². The molecule has 24 heavy (non-hydrogen) atoms. The molecule has 1 N–H and O–H groups in total. The number of aromatic nitrogens is 2. The first kappa shape index (κ1) is 16.1. The molecule has 3 rings (SSSR count). The van der Waals surface area contributed by atoms with Crippen LogP contribution in [0.25, 0.3) is 4.83 Å². The summed E-state index contributed by atoms with van der Waals surface area (Å²) in [7, 11) is 0. The molecule has 0 aliphatic rings. The maximum Gasteiger partial charge on any atom is 0.347 e. The Morgan fingerprint density at radius 2 is 1.96 bits per heavy atom. The van der Waals surface area contributed by atoms with Crippen LogP contribution in [0.1, 0.15) is 20.8 Å². The van der Waals surface area contributed by atoms with Gasteiger partial charge in [0.25, 0.3) is 5.56 Å². The first-order valence-corrected chi connectivity index (χ1v) is 7.54. The Morgan fingerprint density at radius 3 is 2.58 bits per heavy atom. The monoisotopic (exact) mass is 352 g/mol. The van der Waals surface area contributed by atoms with Gasteiger partial charge in [0, 0.05) is 11.8 Å². The molecular formula is C15H10F2N2O4S. The van der Waals surface area contributed by atoms with Crippen LogP contribution >= 0.6 is 11.3 Å². The normalized spacial score (nSPS) is 11.1. The van der Waals surface area contributed by atoms with Gasteiger partial charge in [-0.05, 0) is 24.6 Å². The van der Waals surface area contributed by atoms with Gasteiger partial charge in [0.15, 0.2) is 11.6 Å². The van der Waals surface area contributed by atoms with Crippen molar-refractivity contribution in [1.82, 2.24) is 8.97 Å². The summed E-state index contributed by atoms with van der Waals surface area (Å²) >= 11 is 0.820. The van der Waals surface area contributed by atoms with E-state index in [-0.39, 0.29) is 27.4 Å². The number of hydrogen-bond donors (Lipinski definition) is 1. The van der Waals surface area contributed by atoms with Gasteiger partial charge in [0.1, 0.15) is 9.71 Å². The lowest BCUT2D eigenvalue weighted by atomic mass is 10.2. The SMILES string of the molecule is Cc1c(=O)n(Cc2ccc(F)c(F)c2)c(=O)n2cc(C(=O)O)sc12. The van der Waals surface area contributed by atoms with Crippen molar-refractivity contribution in [2.75, 3.05) is 0 Å².